The standard InChI is InChI=1S/C16H26N2O2/c1-18-10-4-5-14(18)12-17-9-8-13-6-7-15(19-2)16(11-13)20-3/h6-7,11,14,17H,4-5,8-10,12H2,1-3H3. The minimum atomic E-state index is 0.709. The van der Waals surface area contributed by atoms with Gasteiger partial charge in [-0.1, -0.05) is 6.07 Å². The molecule has 4 nitrogen and oxygen atoms in total. The van der Waals surface area contributed by atoms with Crippen LogP contribution in [0.2, 0.25) is 0 Å². The number of rotatable bonds is 7. The summed E-state index contributed by atoms with van der Waals surface area (Å²) in [6, 6.07) is 6.84. The number of likely N-dealkylation sites (tertiary alicyclic amines) is 1. The molecule has 1 unspecified atom stereocenters. The van der Waals surface area contributed by atoms with Crippen LogP contribution in [0, 0.1) is 0 Å². The average Bonchev–Trinajstić information content (AvgIpc) is 2.88. The topological polar surface area (TPSA) is 33.7 Å². The van der Waals surface area contributed by atoms with E-state index in [0.29, 0.717) is 6.04 Å². The zero-order valence-corrected chi connectivity index (χ0v) is 12.8. The van der Waals surface area contributed by atoms with Gasteiger partial charge < -0.3 is 19.7 Å². The van der Waals surface area contributed by atoms with Crippen molar-refractivity contribution in [1.29, 1.82) is 0 Å². The van der Waals surface area contributed by atoms with E-state index < -0.39 is 0 Å². The summed E-state index contributed by atoms with van der Waals surface area (Å²) < 4.78 is 10.6. The molecule has 2 rings (SSSR count). The Morgan fingerprint density at radius 1 is 1.25 bits per heavy atom. The first kappa shape index (κ1) is 15.1. The maximum atomic E-state index is 5.33. The first-order valence-electron chi connectivity index (χ1n) is 7.36. The van der Waals surface area contributed by atoms with E-state index in [-0.39, 0.29) is 0 Å². The highest BCUT2D eigenvalue weighted by atomic mass is 16.5. The van der Waals surface area contributed by atoms with Gasteiger partial charge in [-0.2, -0.15) is 0 Å². The van der Waals surface area contributed by atoms with E-state index in [0.717, 1.165) is 31.0 Å². The van der Waals surface area contributed by atoms with Crippen molar-refractivity contribution >= 4 is 0 Å². The lowest BCUT2D eigenvalue weighted by atomic mass is 10.1. The van der Waals surface area contributed by atoms with Crippen LogP contribution in [0.1, 0.15) is 18.4 Å². The van der Waals surface area contributed by atoms with Crippen LogP contribution < -0.4 is 14.8 Å². The van der Waals surface area contributed by atoms with Crippen molar-refractivity contribution in [2.45, 2.75) is 25.3 Å². The fourth-order valence-electron chi connectivity index (χ4n) is 2.77. The molecular formula is C16H26N2O2. The van der Waals surface area contributed by atoms with Crippen molar-refractivity contribution < 1.29 is 9.47 Å². The van der Waals surface area contributed by atoms with Crippen LogP contribution >= 0.6 is 0 Å². The van der Waals surface area contributed by atoms with Gasteiger partial charge in [0.05, 0.1) is 14.2 Å². The van der Waals surface area contributed by atoms with Crippen LogP contribution in [0.25, 0.3) is 0 Å². The summed E-state index contributed by atoms with van der Waals surface area (Å²) in [5.74, 6) is 1.59. The summed E-state index contributed by atoms with van der Waals surface area (Å²) in [5, 5.41) is 3.56. The lowest BCUT2D eigenvalue weighted by Crippen LogP contribution is -2.36. The Bertz CT molecular complexity index is 423. The van der Waals surface area contributed by atoms with Gasteiger partial charge in [-0.15, -0.1) is 0 Å². The highest BCUT2D eigenvalue weighted by molar-refractivity contribution is 5.42. The molecule has 0 radical (unpaired) electrons. The predicted molar refractivity (Wildman–Crippen MR) is 81.8 cm³/mol. The molecule has 1 fully saturated rings. The smallest absolute Gasteiger partial charge is 0.160 e. The number of hydrogen-bond donors (Lipinski definition) is 1. The Morgan fingerprint density at radius 2 is 2.05 bits per heavy atom. The molecule has 112 valence electrons. The van der Waals surface area contributed by atoms with Crippen molar-refractivity contribution in [3.8, 4) is 11.5 Å². The number of benzene rings is 1. The van der Waals surface area contributed by atoms with Gasteiger partial charge in [-0.05, 0) is 57.1 Å². The van der Waals surface area contributed by atoms with Crippen LogP contribution in [-0.2, 0) is 6.42 Å². The Hall–Kier alpha value is -1.26. The van der Waals surface area contributed by atoms with E-state index in [1.54, 1.807) is 14.2 Å². The van der Waals surface area contributed by atoms with Gasteiger partial charge >= 0.3 is 0 Å². The zero-order valence-electron chi connectivity index (χ0n) is 12.8. The summed E-state index contributed by atoms with van der Waals surface area (Å²) >= 11 is 0. The van der Waals surface area contributed by atoms with Crippen LogP contribution in [0.15, 0.2) is 18.2 Å². The van der Waals surface area contributed by atoms with Gasteiger partial charge in [-0.3, -0.25) is 0 Å². The number of methoxy groups -OCH3 is 2. The fraction of sp³-hybridized carbons (Fsp3) is 0.625. The highest BCUT2D eigenvalue weighted by Gasteiger charge is 2.19. The fourth-order valence-corrected chi connectivity index (χ4v) is 2.77. The Kier molecular flexibility index (Phi) is 5.68. The molecule has 1 N–H and O–H groups in total. The first-order chi connectivity index (χ1) is 9.74. The third-order valence-corrected chi connectivity index (χ3v) is 4.09. The SMILES string of the molecule is COc1ccc(CCNCC2CCCN2C)cc1OC. The number of nitrogens with one attached hydrogen (secondary N) is 1. The third kappa shape index (κ3) is 3.87. The van der Waals surface area contributed by atoms with Crippen molar-refractivity contribution in [3.05, 3.63) is 23.8 Å². The minimum absolute atomic E-state index is 0.709. The largest absolute Gasteiger partial charge is 0.493 e. The van der Waals surface area contributed by atoms with Gasteiger partial charge in [0.25, 0.3) is 0 Å². The zero-order chi connectivity index (χ0) is 14.4. The third-order valence-electron chi connectivity index (χ3n) is 4.09. The van der Waals surface area contributed by atoms with Gasteiger partial charge in [0.2, 0.25) is 0 Å². The van der Waals surface area contributed by atoms with Crippen LogP contribution in [0.4, 0.5) is 0 Å². The van der Waals surface area contributed by atoms with E-state index in [9.17, 15) is 0 Å². The van der Waals surface area contributed by atoms with E-state index in [4.69, 9.17) is 9.47 Å². The Balaban J connectivity index is 1.76. The summed E-state index contributed by atoms with van der Waals surface area (Å²) in [4.78, 5) is 2.45. The van der Waals surface area contributed by atoms with E-state index in [1.165, 1.54) is 24.9 Å². The Morgan fingerprint density at radius 3 is 2.70 bits per heavy atom. The lowest BCUT2D eigenvalue weighted by Gasteiger charge is -2.19. The predicted octanol–water partition coefficient (Wildman–Crippen LogP) is 1.93. The Labute approximate surface area is 122 Å². The van der Waals surface area contributed by atoms with Gasteiger partial charge in [0.1, 0.15) is 0 Å². The highest BCUT2D eigenvalue weighted by Crippen LogP contribution is 2.27. The van der Waals surface area contributed by atoms with Crippen LogP contribution in [0.3, 0.4) is 0 Å². The van der Waals surface area contributed by atoms with Gasteiger partial charge in [0.15, 0.2) is 11.5 Å². The van der Waals surface area contributed by atoms with Crippen molar-refractivity contribution in [1.82, 2.24) is 10.2 Å². The molecule has 0 bridgehead atoms. The second-order valence-electron chi connectivity index (χ2n) is 5.42. The number of ether oxygens (including phenoxy) is 2. The monoisotopic (exact) mass is 278 g/mol. The second-order valence-corrected chi connectivity index (χ2v) is 5.42. The maximum absolute atomic E-state index is 5.33. The second kappa shape index (κ2) is 7.50. The van der Waals surface area contributed by atoms with Gasteiger partial charge in [-0.25, -0.2) is 0 Å². The van der Waals surface area contributed by atoms with E-state index in [2.05, 4.69) is 29.4 Å². The molecule has 0 amide bonds. The molecule has 4 heteroatoms. The molecule has 1 atom stereocenters. The normalized spacial score (nSPS) is 19.2. The van der Waals surface area contributed by atoms with E-state index >= 15 is 0 Å². The molecule has 1 aliphatic rings. The summed E-state index contributed by atoms with van der Waals surface area (Å²) in [6.45, 7) is 3.33. The molecule has 1 aromatic carbocycles. The van der Waals surface area contributed by atoms with Crippen LogP contribution in [0.5, 0.6) is 11.5 Å². The summed E-state index contributed by atoms with van der Waals surface area (Å²) in [5.41, 5.74) is 1.27. The molecule has 0 aromatic heterocycles. The van der Waals surface area contributed by atoms with Gasteiger partial charge in [0, 0.05) is 12.6 Å². The number of likely N-dealkylation sites (N-methyl/N-ethyl adjacent to an activating group) is 1. The molecule has 0 saturated carbocycles. The van der Waals surface area contributed by atoms with Crippen molar-refractivity contribution in [3.63, 3.8) is 0 Å². The quantitative estimate of drug-likeness (QED) is 0.773. The van der Waals surface area contributed by atoms with Crippen LogP contribution in [-0.4, -0.2) is 51.8 Å². The summed E-state index contributed by atoms with van der Waals surface area (Å²) in [6.07, 6.45) is 3.66. The molecule has 1 saturated heterocycles. The number of hydrogen-bond acceptors (Lipinski definition) is 4. The number of nitrogens with zero attached hydrogens (tertiary/aromatic N) is 1. The van der Waals surface area contributed by atoms with Crippen molar-refractivity contribution in [2.24, 2.45) is 0 Å². The van der Waals surface area contributed by atoms with Crippen molar-refractivity contribution in [2.75, 3.05) is 40.9 Å². The first-order valence-corrected chi connectivity index (χ1v) is 7.36. The molecule has 1 heterocycles. The molecule has 1 aliphatic heterocycles. The molecule has 20 heavy (non-hydrogen) atoms. The molecule has 1 aromatic rings. The molecule has 0 aliphatic carbocycles. The maximum Gasteiger partial charge on any atom is 0.160 e. The van der Waals surface area contributed by atoms with E-state index in [1.807, 2.05) is 6.07 Å². The average molecular weight is 278 g/mol. The lowest BCUT2D eigenvalue weighted by molar-refractivity contribution is 0.301. The molecule has 0 spiro atoms. The minimum Gasteiger partial charge on any atom is -0.493 e. The molecular weight excluding hydrogens is 252 g/mol. The summed E-state index contributed by atoms with van der Waals surface area (Å²) in [7, 11) is 5.56.